The number of hydrogen-bond donors (Lipinski definition) is 1. The normalized spacial score (nSPS) is 14.5. The van der Waals surface area contributed by atoms with Gasteiger partial charge < -0.3 is 9.62 Å². The van der Waals surface area contributed by atoms with E-state index in [-0.39, 0.29) is 0 Å². The van der Waals surface area contributed by atoms with Crippen LogP contribution in [-0.4, -0.2) is 41.0 Å². The third-order valence-corrected chi connectivity index (χ3v) is 8.30. The third-order valence-electron chi connectivity index (χ3n) is 7.41. The molecule has 0 radical (unpaired) electrons. The molecule has 5 heteroatoms. The second-order valence-corrected chi connectivity index (χ2v) is 10.9. The van der Waals surface area contributed by atoms with E-state index in [9.17, 15) is 0 Å². The number of fused-ring (bicyclic) bond motifs is 1. The Hall–Kier alpha value is -3.28. The molecule has 1 aliphatic rings. The van der Waals surface area contributed by atoms with Gasteiger partial charge >= 0.3 is 0 Å². The Bertz CT molecular complexity index is 1390. The predicted octanol–water partition coefficient (Wildman–Crippen LogP) is 7.46. The van der Waals surface area contributed by atoms with Crippen LogP contribution in [0.25, 0.3) is 16.6 Å². The molecule has 2 heterocycles. The highest BCUT2D eigenvalue weighted by Gasteiger charge is 2.18. The number of para-hydroxylation sites is 1. The van der Waals surface area contributed by atoms with Crippen LogP contribution in [0.15, 0.2) is 84.4 Å². The van der Waals surface area contributed by atoms with E-state index in [1.54, 1.807) is 11.9 Å². The van der Waals surface area contributed by atoms with Crippen LogP contribution < -0.4 is 4.72 Å². The second kappa shape index (κ2) is 11.4. The van der Waals surface area contributed by atoms with Gasteiger partial charge in [0.2, 0.25) is 0 Å². The van der Waals surface area contributed by atoms with E-state index in [2.05, 4.69) is 108 Å². The summed E-state index contributed by atoms with van der Waals surface area (Å²) < 4.78 is 3.48. The fourth-order valence-corrected chi connectivity index (χ4v) is 5.79. The van der Waals surface area contributed by atoms with Gasteiger partial charge in [0.15, 0.2) is 0 Å². The van der Waals surface area contributed by atoms with Gasteiger partial charge in [-0.25, -0.2) is 0 Å². The Morgan fingerprint density at radius 1 is 0.892 bits per heavy atom. The molecule has 0 bridgehead atoms. The van der Waals surface area contributed by atoms with E-state index in [0.29, 0.717) is 0 Å². The molecule has 4 aromatic rings. The summed E-state index contributed by atoms with van der Waals surface area (Å²) in [4.78, 5) is 10.7. The Kier molecular flexibility index (Phi) is 7.82. The van der Waals surface area contributed by atoms with Crippen LogP contribution in [0, 0.1) is 20.8 Å². The summed E-state index contributed by atoms with van der Waals surface area (Å²) in [5, 5.41) is 1.15. The molecule has 0 atom stereocenters. The minimum Gasteiger partial charge on any atom is -0.370 e. The van der Waals surface area contributed by atoms with Crippen LogP contribution in [0.1, 0.15) is 34.2 Å². The fourth-order valence-electron chi connectivity index (χ4n) is 5.02. The van der Waals surface area contributed by atoms with Gasteiger partial charge in [0, 0.05) is 55.7 Å². The third kappa shape index (κ3) is 6.00. The van der Waals surface area contributed by atoms with Crippen LogP contribution in [0.4, 0.5) is 5.69 Å². The van der Waals surface area contributed by atoms with Crippen LogP contribution in [0.2, 0.25) is 0 Å². The summed E-state index contributed by atoms with van der Waals surface area (Å²) in [7, 11) is 0. The van der Waals surface area contributed by atoms with Crippen molar-refractivity contribution >= 4 is 34.2 Å². The van der Waals surface area contributed by atoms with Gasteiger partial charge in [-0.3, -0.25) is 9.88 Å². The average molecular weight is 509 g/mol. The summed E-state index contributed by atoms with van der Waals surface area (Å²) in [6.07, 6.45) is 3.00. The maximum absolute atomic E-state index is 4.55. The SMILES string of the molecule is C=C(c1ccc(NSc2cccc3cccnc23)cc1)N1CCCN(Cc2cc(C)c(C)cc2C)CC1. The Balaban J connectivity index is 1.18. The molecule has 1 aromatic heterocycles. The lowest BCUT2D eigenvalue weighted by molar-refractivity contribution is 0.276. The van der Waals surface area contributed by atoms with E-state index in [1.165, 1.54) is 27.8 Å². The zero-order chi connectivity index (χ0) is 25.8. The van der Waals surface area contributed by atoms with E-state index >= 15 is 0 Å². The van der Waals surface area contributed by atoms with Crippen LogP contribution in [-0.2, 0) is 6.54 Å². The molecule has 0 saturated carbocycles. The zero-order valence-corrected chi connectivity index (χ0v) is 22.9. The Morgan fingerprint density at radius 2 is 1.68 bits per heavy atom. The van der Waals surface area contributed by atoms with E-state index in [1.807, 2.05) is 12.3 Å². The molecule has 1 N–H and O–H groups in total. The highest BCUT2D eigenvalue weighted by Crippen LogP contribution is 2.28. The van der Waals surface area contributed by atoms with Gasteiger partial charge in [0.05, 0.1) is 10.4 Å². The number of aromatic nitrogens is 1. The fraction of sp³-hybridized carbons (Fsp3) is 0.281. The number of nitrogens with zero attached hydrogens (tertiary/aromatic N) is 3. The lowest BCUT2D eigenvalue weighted by Gasteiger charge is -2.26. The molecular formula is C32H36N4S. The van der Waals surface area contributed by atoms with Crippen molar-refractivity contribution in [2.24, 2.45) is 0 Å². The lowest BCUT2D eigenvalue weighted by Crippen LogP contribution is -2.29. The number of aryl methyl sites for hydroxylation is 3. The van der Waals surface area contributed by atoms with E-state index in [0.717, 1.165) is 66.3 Å². The van der Waals surface area contributed by atoms with E-state index in [4.69, 9.17) is 0 Å². The van der Waals surface area contributed by atoms with Crippen molar-refractivity contribution < 1.29 is 0 Å². The number of nitrogens with one attached hydrogen (secondary N) is 1. The Morgan fingerprint density at radius 3 is 2.51 bits per heavy atom. The zero-order valence-electron chi connectivity index (χ0n) is 22.1. The molecule has 0 amide bonds. The first-order valence-electron chi connectivity index (χ1n) is 13.1. The van der Waals surface area contributed by atoms with Crippen molar-refractivity contribution in [3.8, 4) is 0 Å². The molecule has 0 spiro atoms. The minimum absolute atomic E-state index is 1.01. The number of rotatable bonds is 7. The second-order valence-electron chi connectivity index (χ2n) is 10.0. The number of hydrogen-bond acceptors (Lipinski definition) is 5. The van der Waals surface area contributed by atoms with Gasteiger partial charge in [0.1, 0.15) is 0 Å². The van der Waals surface area contributed by atoms with Crippen molar-refractivity contribution in [2.75, 3.05) is 30.9 Å². The first kappa shape index (κ1) is 25.4. The number of pyridine rings is 1. The maximum Gasteiger partial charge on any atom is 0.0855 e. The largest absolute Gasteiger partial charge is 0.370 e. The van der Waals surface area contributed by atoms with Gasteiger partial charge in [-0.1, -0.05) is 49.0 Å². The molecule has 1 fully saturated rings. The molecule has 4 nitrogen and oxygen atoms in total. The van der Waals surface area contributed by atoms with E-state index < -0.39 is 0 Å². The van der Waals surface area contributed by atoms with Crippen molar-refractivity contribution in [3.63, 3.8) is 0 Å². The van der Waals surface area contributed by atoms with Crippen LogP contribution >= 0.6 is 11.9 Å². The first-order valence-corrected chi connectivity index (χ1v) is 13.9. The molecule has 5 rings (SSSR count). The maximum atomic E-state index is 4.55. The standard InChI is InChI=1S/C32H36N4S/c1-23-20-25(3)29(21-24(23)2)22-35-16-7-17-36(19-18-35)26(4)27-11-13-30(14-12-27)34-37-31-10-5-8-28-9-6-15-33-32(28)31/h5-6,8-15,20-21,34H,4,7,16-19,22H2,1-3H3. The van der Waals surface area contributed by atoms with Gasteiger partial charge in [-0.15, -0.1) is 0 Å². The molecule has 0 aliphatic carbocycles. The highest BCUT2D eigenvalue weighted by atomic mass is 32.2. The summed E-state index contributed by atoms with van der Waals surface area (Å²) in [5.74, 6) is 0. The van der Waals surface area contributed by atoms with Crippen molar-refractivity contribution in [3.05, 3.63) is 107 Å². The molecule has 1 aliphatic heterocycles. The average Bonchev–Trinajstić information content (AvgIpc) is 3.16. The number of benzene rings is 3. The summed E-state index contributed by atoms with van der Waals surface area (Å²) in [5.41, 5.74) is 10.0. The minimum atomic E-state index is 1.01. The van der Waals surface area contributed by atoms with Gasteiger partial charge in [-0.2, -0.15) is 0 Å². The van der Waals surface area contributed by atoms with Crippen molar-refractivity contribution in [2.45, 2.75) is 38.6 Å². The molecule has 1 saturated heterocycles. The smallest absolute Gasteiger partial charge is 0.0855 e. The molecular weight excluding hydrogens is 472 g/mol. The number of anilines is 1. The highest BCUT2D eigenvalue weighted by molar-refractivity contribution is 8.00. The quantitative estimate of drug-likeness (QED) is 0.262. The van der Waals surface area contributed by atoms with Crippen molar-refractivity contribution in [1.29, 1.82) is 0 Å². The molecule has 3 aromatic carbocycles. The molecule has 0 unspecified atom stereocenters. The topological polar surface area (TPSA) is 31.4 Å². The Labute approximate surface area is 225 Å². The van der Waals surface area contributed by atoms with Crippen LogP contribution in [0.3, 0.4) is 0 Å². The summed E-state index contributed by atoms with van der Waals surface area (Å²) in [6.45, 7) is 16.4. The summed E-state index contributed by atoms with van der Waals surface area (Å²) in [6, 6.07) is 23.7. The van der Waals surface area contributed by atoms with Crippen LogP contribution in [0.5, 0.6) is 0 Å². The molecule has 190 valence electrons. The predicted molar refractivity (Wildman–Crippen MR) is 159 cm³/mol. The monoisotopic (exact) mass is 508 g/mol. The van der Waals surface area contributed by atoms with Crippen molar-refractivity contribution in [1.82, 2.24) is 14.8 Å². The first-order chi connectivity index (χ1) is 18.0. The van der Waals surface area contributed by atoms with Gasteiger partial charge in [-0.05, 0) is 91.2 Å². The lowest BCUT2D eigenvalue weighted by atomic mass is 10.0. The molecule has 37 heavy (non-hydrogen) atoms. The van der Waals surface area contributed by atoms with Gasteiger partial charge in [0.25, 0.3) is 0 Å². The summed E-state index contributed by atoms with van der Waals surface area (Å²) >= 11 is 1.60.